The highest BCUT2D eigenvalue weighted by molar-refractivity contribution is 7.95. The van der Waals surface area contributed by atoms with E-state index in [-0.39, 0.29) is 34.6 Å². The first-order valence-electron chi connectivity index (χ1n) is 10.3. The number of aromatic amines is 1. The van der Waals surface area contributed by atoms with E-state index in [9.17, 15) is 10.1 Å². The number of nitrogens with one attached hydrogen (secondary N) is 1. The normalized spacial score (nSPS) is 11.2. The van der Waals surface area contributed by atoms with Crippen LogP contribution >= 0.6 is 7.26 Å². The Balaban J connectivity index is 0.00000259. The first-order valence-corrected chi connectivity index (χ1v) is 12.3. The number of aromatic nitrogens is 2. The van der Waals surface area contributed by atoms with Crippen molar-refractivity contribution in [1.82, 2.24) is 10.2 Å². The number of nitro benzene ring substituents is 1. The van der Waals surface area contributed by atoms with Crippen molar-refractivity contribution in [3.8, 4) is 0 Å². The van der Waals surface area contributed by atoms with Crippen LogP contribution in [0.2, 0.25) is 0 Å². The van der Waals surface area contributed by atoms with Gasteiger partial charge in [-0.3, -0.25) is 15.2 Å². The van der Waals surface area contributed by atoms with E-state index in [1.54, 1.807) is 12.1 Å². The van der Waals surface area contributed by atoms with Crippen LogP contribution in [0.15, 0.2) is 109 Å². The standard InChI is InChI=1S/C26H21N3O2P.HI/c30-29(31)20-16-17-25-24(18-20)26(28-27-25)19-32(21-10-4-1-5-11-21,22-12-6-2-7-13-22)23-14-8-3-9-15-23;/h1-18H,19H2,(H,27,28);1H/q+1;/p-1. The summed E-state index contributed by atoms with van der Waals surface area (Å²) in [6.07, 6.45) is 0.659. The zero-order valence-corrected chi connectivity index (χ0v) is 20.7. The molecule has 0 bridgehead atoms. The van der Waals surface area contributed by atoms with Gasteiger partial charge in [-0.2, -0.15) is 5.10 Å². The molecular weight excluding hydrogens is 544 g/mol. The molecule has 0 saturated heterocycles. The summed E-state index contributed by atoms with van der Waals surface area (Å²) in [5.41, 5.74) is 1.72. The maximum absolute atomic E-state index is 11.4. The summed E-state index contributed by atoms with van der Waals surface area (Å²) in [5, 5.41) is 23.7. The van der Waals surface area contributed by atoms with E-state index in [4.69, 9.17) is 0 Å². The predicted octanol–water partition coefficient (Wildman–Crippen LogP) is 1.97. The molecule has 4 aromatic carbocycles. The summed E-state index contributed by atoms with van der Waals surface area (Å²) >= 11 is 0. The molecule has 1 aromatic heterocycles. The van der Waals surface area contributed by atoms with Crippen molar-refractivity contribution in [2.45, 2.75) is 6.16 Å². The first kappa shape index (κ1) is 23.1. The Hall–Kier alpha value is -3.09. The second kappa shape index (κ2) is 9.81. The minimum atomic E-state index is -2.14. The maximum Gasteiger partial charge on any atom is 0.270 e. The molecule has 5 rings (SSSR count). The van der Waals surface area contributed by atoms with E-state index in [1.165, 1.54) is 22.0 Å². The van der Waals surface area contributed by atoms with Crippen LogP contribution in [0.5, 0.6) is 0 Å². The van der Waals surface area contributed by atoms with Gasteiger partial charge in [0.15, 0.2) is 0 Å². The lowest BCUT2D eigenvalue weighted by molar-refractivity contribution is -0.384. The van der Waals surface area contributed by atoms with Gasteiger partial charge in [0.2, 0.25) is 0 Å². The second-order valence-corrected chi connectivity index (χ2v) is 11.1. The van der Waals surface area contributed by atoms with E-state index in [0.717, 1.165) is 16.6 Å². The number of benzene rings is 4. The number of hydrogen-bond acceptors (Lipinski definition) is 3. The van der Waals surface area contributed by atoms with Crippen LogP contribution < -0.4 is 39.9 Å². The van der Waals surface area contributed by atoms with E-state index < -0.39 is 7.26 Å². The highest BCUT2D eigenvalue weighted by atomic mass is 127. The fourth-order valence-corrected chi connectivity index (χ4v) is 8.46. The number of nitrogens with zero attached hydrogens (tertiary/aromatic N) is 2. The van der Waals surface area contributed by atoms with Crippen LogP contribution in [0.1, 0.15) is 5.69 Å². The Morgan fingerprint density at radius 2 is 1.24 bits per heavy atom. The molecule has 0 aliphatic carbocycles. The lowest BCUT2D eigenvalue weighted by atomic mass is 10.2. The molecule has 0 aliphatic rings. The Bertz CT molecular complexity index is 1280. The van der Waals surface area contributed by atoms with Crippen molar-refractivity contribution in [2.75, 3.05) is 0 Å². The summed E-state index contributed by atoms with van der Waals surface area (Å²) < 4.78 is 0. The maximum atomic E-state index is 11.4. The molecule has 0 fully saturated rings. The molecule has 1 N–H and O–H groups in total. The number of non-ortho nitro benzene ring substituents is 1. The molecule has 0 saturated carbocycles. The van der Waals surface area contributed by atoms with E-state index in [2.05, 4.69) is 83.0 Å². The van der Waals surface area contributed by atoms with Gasteiger partial charge in [-0.1, -0.05) is 54.6 Å². The SMILES string of the molecule is O=[N+]([O-])c1ccc2[nH]nc(C[P+](c3ccccc3)(c3ccccc3)c3ccccc3)c2c1.[I-]. The average molecular weight is 565 g/mol. The molecule has 0 unspecified atom stereocenters. The number of H-pyrrole nitrogens is 1. The van der Waals surface area contributed by atoms with Crippen molar-refractivity contribution in [1.29, 1.82) is 0 Å². The monoisotopic (exact) mass is 565 g/mol. The molecule has 33 heavy (non-hydrogen) atoms. The topological polar surface area (TPSA) is 71.8 Å². The molecule has 0 radical (unpaired) electrons. The molecule has 0 spiro atoms. The van der Waals surface area contributed by atoms with Gasteiger partial charge in [0.1, 0.15) is 35.0 Å². The second-order valence-electron chi connectivity index (χ2n) is 7.63. The molecule has 0 atom stereocenters. The summed E-state index contributed by atoms with van der Waals surface area (Å²) in [7, 11) is -2.14. The molecule has 7 heteroatoms. The Labute approximate surface area is 209 Å². The Morgan fingerprint density at radius 3 is 1.70 bits per heavy atom. The molecule has 0 amide bonds. The summed E-state index contributed by atoms with van der Waals surface area (Å²) in [4.78, 5) is 11.1. The van der Waals surface area contributed by atoms with E-state index >= 15 is 0 Å². The predicted molar refractivity (Wildman–Crippen MR) is 132 cm³/mol. The number of hydrogen-bond donors (Lipinski definition) is 1. The number of fused-ring (bicyclic) bond motifs is 1. The van der Waals surface area contributed by atoms with Crippen molar-refractivity contribution in [3.63, 3.8) is 0 Å². The molecule has 1 heterocycles. The van der Waals surface area contributed by atoms with Gasteiger partial charge in [0.25, 0.3) is 5.69 Å². The van der Waals surface area contributed by atoms with Crippen molar-refractivity contribution >= 4 is 39.8 Å². The van der Waals surface area contributed by atoms with Gasteiger partial charge in [-0.15, -0.1) is 0 Å². The third-order valence-electron chi connectivity index (χ3n) is 5.81. The third kappa shape index (κ3) is 4.28. The zero-order valence-electron chi connectivity index (χ0n) is 17.6. The van der Waals surface area contributed by atoms with Crippen molar-refractivity contribution in [2.24, 2.45) is 0 Å². The lowest BCUT2D eigenvalue weighted by Gasteiger charge is -2.27. The van der Waals surface area contributed by atoms with Gasteiger partial charge in [0, 0.05) is 17.5 Å². The van der Waals surface area contributed by atoms with Gasteiger partial charge in [0.05, 0.1) is 10.4 Å². The van der Waals surface area contributed by atoms with Crippen molar-refractivity contribution in [3.05, 3.63) is 125 Å². The summed E-state index contributed by atoms with van der Waals surface area (Å²) in [6, 6.07) is 36.5. The summed E-state index contributed by atoms with van der Waals surface area (Å²) in [5.74, 6) is 0. The van der Waals surface area contributed by atoms with Crippen LogP contribution in [-0.4, -0.2) is 15.1 Å². The molecule has 0 aliphatic heterocycles. The van der Waals surface area contributed by atoms with Crippen molar-refractivity contribution < 1.29 is 28.9 Å². The molecular formula is C26H21IN3O2P. The third-order valence-corrected chi connectivity index (χ3v) is 10.1. The average Bonchev–Trinajstić information content (AvgIpc) is 3.26. The lowest BCUT2D eigenvalue weighted by Crippen LogP contribution is -3.00. The Morgan fingerprint density at radius 1 is 0.758 bits per heavy atom. The fraction of sp³-hybridized carbons (Fsp3) is 0.0385. The summed E-state index contributed by atoms with van der Waals surface area (Å²) in [6.45, 7) is 0. The van der Waals surface area contributed by atoms with Crippen LogP contribution in [-0.2, 0) is 6.16 Å². The largest absolute Gasteiger partial charge is 1.00 e. The minimum Gasteiger partial charge on any atom is -1.00 e. The van der Waals surface area contributed by atoms with Crippen LogP contribution in [0.3, 0.4) is 0 Å². The smallest absolute Gasteiger partial charge is 0.270 e. The fourth-order valence-electron chi connectivity index (χ4n) is 4.28. The van der Waals surface area contributed by atoms with Crippen LogP contribution in [0, 0.1) is 10.1 Å². The van der Waals surface area contributed by atoms with E-state index in [1.807, 2.05) is 18.2 Å². The van der Waals surface area contributed by atoms with E-state index in [0.29, 0.717) is 6.16 Å². The quantitative estimate of drug-likeness (QED) is 0.148. The van der Waals surface area contributed by atoms with Crippen LogP contribution in [0.4, 0.5) is 5.69 Å². The van der Waals surface area contributed by atoms with Gasteiger partial charge < -0.3 is 24.0 Å². The Kier molecular flexibility index (Phi) is 6.86. The highest BCUT2D eigenvalue weighted by Crippen LogP contribution is 2.58. The van der Waals surface area contributed by atoms with Gasteiger partial charge in [-0.05, 0) is 42.5 Å². The van der Waals surface area contributed by atoms with Gasteiger partial charge in [-0.25, -0.2) is 0 Å². The molecule has 5 nitrogen and oxygen atoms in total. The number of rotatable bonds is 6. The minimum absolute atomic E-state index is 0. The number of nitro groups is 1. The zero-order chi connectivity index (χ0) is 22.0. The number of halogens is 1. The first-order chi connectivity index (χ1) is 15.7. The molecule has 164 valence electrons. The highest BCUT2D eigenvalue weighted by Gasteiger charge is 2.46. The molecule has 5 aromatic rings. The van der Waals surface area contributed by atoms with Crippen LogP contribution in [0.25, 0.3) is 10.9 Å². The van der Waals surface area contributed by atoms with Gasteiger partial charge >= 0.3 is 0 Å².